The van der Waals surface area contributed by atoms with E-state index in [1.807, 2.05) is 13.8 Å². The fraction of sp³-hybridized carbons (Fsp3) is 0.417. The van der Waals surface area contributed by atoms with Gasteiger partial charge in [-0.15, -0.1) is 0 Å². The lowest BCUT2D eigenvalue weighted by atomic mass is 10.3. The molecule has 1 rings (SSSR count). The average molecular weight is 321 g/mol. The molecule has 0 unspecified atom stereocenters. The zero-order valence-corrected chi connectivity index (χ0v) is 13.2. The van der Waals surface area contributed by atoms with Gasteiger partial charge >= 0.3 is 0 Å². The molecule has 0 radical (unpaired) electrons. The second-order valence-corrected chi connectivity index (χ2v) is 7.23. The van der Waals surface area contributed by atoms with Crippen LogP contribution in [0.4, 0.5) is 0 Å². The number of nitrogens with zero attached hydrogens (tertiary/aromatic N) is 1. The Kier molecular flexibility index (Phi) is 5.73. The molecule has 7 heteroatoms. The van der Waals surface area contributed by atoms with Crippen LogP contribution in [0.3, 0.4) is 0 Å². The highest BCUT2D eigenvalue weighted by atomic mass is 35.5. The Morgan fingerprint density at radius 3 is 2.32 bits per heavy atom. The molecule has 0 amide bonds. The van der Waals surface area contributed by atoms with Crippen LogP contribution in [0.25, 0.3) is 0 Å². The summed E-state index contributed by atoms with van der Waals surface area (Å²) in [6.45, 7) is 3.90. The molecule has 0 atom stereocenters. The molecule has 0 aromatic heterocycles. The molecule has 0 heterocycles. The molecule has 0 aliphatic rings. The number of rotatable bonds is 6. The first kappa shape index (κ1) is 16.4. The molecular formula is C12H17ClN2O2S2. The van der Waals surface area contributed by atoms with Crippen molar-refractivity contribution in [3.05, 3.63) is 29.3 Å². The van der Waals surface area contributed by atoms with E-state index >= 15 is 0 Å². The third-order valence-corrected chi connectivity index (χ3v) is 5.12. The monoisotopic (exact) mass is 320 g/mol. The summed E-state index contributed by atoms with van der Waals surface area (Å²) in [6.07, 6.45) is 0.361. The number of benzene rings is 1. The van der Waals surface area contributed by atoms with Gasteiger partial charge in [-0.3, -0.25) is 0 Å². The number of thiocarbonyl (C=S) groups is 1. The molecule has 106 valence electrons. The van der Waals surface area contributed by atoms with E-state index in [0.717, 1.165) is 0 Å². The fourth-order valence-electron chi connectivity index (χ4n) is 1.62. The molecule has 0 aliphatic carbocycles. The number of halogens is 1. The van der Waals surface area contributed by atoms with Gasteiger partial charge in [-0.05, 0) is 38.1 Å². The molecule has 0 spiro atoms. The molecule has 0 aliphatic heterocycles. The average Bonchev–Trinajstić information content (AvgIpc) is 2.28. The van der Waals surface area contributed by atoms with Gasteiger partial charge in [0.1, 0.15) is 0 Å². The molecule has 4 nitrogen and oxygen atoms in total. The lowest BCUT2D eigenvalue weighted by molar-refractivity contribution is 0.362. The van der Waals surface area contributed by atoms with Crippen molar-refractivity contribution < 1.29 is 8.42 Å². The molecule has 1 aromatic rings. The number of hydrogen-bond donors (Lipinski definition) is 1. The van der Waals surface area contributed by atoms with Gasteiger partial charge in [0, 0.05) is 24.0 Å². The first-order valence-corrected chi connectivity index (χ1v) is 8.03. The van der Waals surface area contributed by atoms with E-state index in [1.165, 1.54) is 16.4 Å². The van der Waals surface area contributed by atoms with Crippen LogP contribution < -0.4 is 5.73 Å². The van der Waals surface area contributed by atoms with Gasteiger partial charge in [-0.1, -0.05) is 23.8 Å². The molecule has 2 N–H and O–H groups in total. The summed E-state index contributed by atoms with van der Waals surface area (Å²) in [4.78, 5) is 0.519. The fourth-order valence-corrected chi connectivity index (χ4v) is 3.47. The van der Waals surface area contributed by atoms with Crippen LogP contribution in [0.1, 0.15) is 20.3 Å². The molecular weight excluding hydrogens is 304 g/mol. The largest absolute Gasteiger partial charge is 0.393 e. The number of sulfonamides is 1. The summed E-state index contributed by atoms with van der Waals surface area (Å²) in [6, 6.07) is 5.93. The van der Waals surface area contributed by atoms with Crippen LogP contribution in [-0.4, -0.2) is 30.3 Å². The standard InChI is InChI=1S/C12H17ClN2O2S2/c1-9(2)15(8-7-12(14)18)19(16,17)11-5-3-10(13)4-6-11/h3-6,9H,7-8H2,1-2H3,(H2,14,18). The lowest BCUT2D eigenvalue weighted by Crippen LogP contribution is -2.38. The van der Waals surface area contributed by atoms with Crippen LogP contribution >= 0.6 is 23.8 Å². The van der Waals surface area contributed by atoms with Crippen molar-refractivity contribution in [1.29, 1.82) is 0 Å². The van der Waals surface area contributed by atoms with E-state index in [0.29, 0.717) is 16.4 Å². The Morgan fingerprint density at radius 2 is 1.89 bits per heavy atom. The topological polar surface area (TPSA) is 63.4 Å². The zero-order chi connectivity index (χ0) is 14.6. The van der Waals surface area contributed by atoms with Crippen molar-refractivity contribution in [2.75, 3.05) is 6.54 Å². The summed E-state index contributed by atoms with van der Waals surface area (Å²) < 4.78 is 26.4. The molecule has 0 saturated carbocycles. The molecule has 0 saturated heterocycles. The minimum absolute atomic E-state index is 0.171. The van der Waals surface area contributed by atoms with Gasteiger partial charge in [0.05, 0.1) is 9.88 Å². The van der Waals surface area contributed by atoms with E-state index in [2.05, 4.69) is 0 Å². The molecule has 0 bridgehead atoms. The Hall–Kier alpha value is -0.690. The predicted octanol–water partition coefficient (Wildman–Crippen LogP) is 2.42. The first-order valence-electron chi connectivity index (χ1n) is 5.81. The third-order valence-electron chi connectivity index (χ3n) is 2.57. The lowest BCUT2D eigenvalue weighted by Gasteiger charge is -2.25. The summed E-state index contributed by atoms with van der Waals surface area (Å²) >= 11 is 10.6. The second-order valence-electron chi connectivity index (χ2n) is 4.38. The zero-order valence-electron chi connectivity index (χ0n) is 10.8. The van der Waals surface area contributed by atoms with Crippen LogP contribution in [0.5, 0.6) is 0 Å². The van der Waals surface area contributed by atoms with E-state index in [1.54, 1.807) is 12.1 Å². The van der Waals surface area contributed by atoms with Gasteiger partial charge in [0.15, 0.2) is 0 Å². The van der Waals surface area contributed by atoms with Crippen LogP contribution in [0.2, 0.25) is 5.02 Å². The maximum Gasteiger partial charge on any atom is 0.243 e. The van der Waals surface area contributed by atoms with Gasteiger partial charge in [-0.25, -0.2) is 8.42 Å². The summed E-state index contributed by atoms with van der Waals surface area (Å²) in [5, 5.41) is 0.498. The maximum atomic E-state index is 12.5. The normalized spacial score (nSPS) is 12.1. The van der Waals surface area contributed by atoms with E-state index in [-0.39, 0.29) is 17.5 Å². The minimum atomic E-state index is -3.55. The van der Waals surface area contributed by atoms with Gasteiger partial charge in [0.25, 0.3) is 0 Å². The molecule has 0 fully saturated rings. The SMILES string of the molecule is CC(C)N(CCC(N)=S)S(=O)(=O)c1ccc(Cl)cc1. The summed E-state index contributed by atoms with van der Waals surface area (Å²) in [7, 11) is -3.55. The van der Waals surface area contributed by atoms with Gasteiger partial charge in [-0.2, -0.15) is 4.31 Å². The third kappa shape index (κ3) is 4.42. The number of nitrogens with two attached hydrogens (primary N) is 1. The Bertz CT molecular complexity index is 541. The Balaban J connectivity index is 3.05. The van der Waals surface area contributed by atoms with Crippen molar-refractivity contribution in [1.82, 2.24) is 4.31 Å². The molecule has 1 aromatic carbocycles. The van der Waals surface area contributed by atoms with Crippen LogP contribution in [-0.2, 0) is 10.0 Å². The quantitative estimate of drug-likeness (QED) is 0.818. The number of hydrogen-bond acceptors (Lipinski definition) is 3. The van der Waals surface area contributed by atoms with Crippen molar-refractivity contribution in [2.45, 2.75) is 31.2 Å². The van der Waals surface area contributed by atoms with Crippen LogP contribution in [0.15, 0.2) is 29.2 Å². The summed E-state index contributed by atoms with van der Waals surface area (Å²) in [5.74, 6) is 0. The van der Waals surface area contributed by atoms with Crippen molar-refractivity contribution >= 4 is 38.8 Å². The van der Waals surface area contributed by atoms with Gasteiger partial charge in [0.2, 0.25) is 10.0 Å². The van der Waals surface area contributed by atoms with Gasteiger partial charge < -0.3 is 5.73 Å². The van der Waals surface area contributed by atoms with Crippen molar-refractivity contribution in [3.63, 3.8) is 0 Å². The highest BCUT2D eigenvalue weighted by Crippen LogP contribution is 2.20. The predicted molar refractivity (Wildman–Crippen MR) is 81.9 cm³/mol. The highest BCUT2D eigenvalue weighted by Gasteiger charge is 2.26. The van der Waals surface area contributed by atoms with E-state index in [9.17, 15) is 8.42 Å². The summed E-state index contributed by atoms with van der Waals surface area (Å²) in [5.41, 5.74) is 5.44. The highest BCUT2D eigenvalue weighted by molar-refractivity contribution is 7.89. The van der Waals surface area contributed by atoms with E-state index < -0.39 is 10.0 Å². The minimum Gasteiger partial charge on any atom is -0.393 e. The first-order chi connectivity index (χ1) is 8.75. The Labute approximate surface area is 124 Å². The van der Waals surface area contributed by atoms with Crippen molar-refractivity contribution in [3.8, 4) is 0 Å². The van der Waals surface area contributed by atoms with Crippen LogP contribution in [0, 0.1) is 0 Å². The van der Waals surface area contributed by atoms with Crippen molar-refractivity contribution in [2.24, 2.45) is 5.73 Å². The Morgan fingerprint density at radius 1 is 1.37 bits per heavy atom. The smallest absolute Gasteiger partial charge is 0.243 e. The maximum absolute atomic E-state index is 12.5. The molecule has 19 heavy (non-hydrogen) atoms. The second kappa shape index (κ2) is 6.65. The van der Waals surface area contributed by atoms with E-state index in [4.69, 9.17) is 29.6 Å².